The van der Waals surface area contributed by atoms with Crippen molar-refractivity contribution in [3.8, 4) is 0 Å². The van der Waals surface area contributed by atoms with E-state index in [0.29, 0.717) is 11.5 Å². The molecule has 1 atom stereocenters. The van der Waals surface area contributed by atoms with Gasteiger partial charge in [0, 0.05) is 11.8 Å². The van der Waals surface area contributed by atoms with Gasteiger partial charge in [-0.2, -0.15) is 5.10 Å². The number of benzene rings is 1. The maximum Gasteiger partial charge on any atom is 0.348 e. The number of anilines is 2. The summed E-state index contributed by atoms with van der Waals surface area (Å²) >= 11 is 0. The number of hydrogen-bond acceptors (Lipinski definition) is 5. The summed E-state index contributed by atoms with van der Waals surface area (Å²) in [5.74, 6) is 0.645. The average molecular weight is 270 g/mol. The van der Waals surface area contributed by atoms with Gasteiger partial charge in [-0.3, -0.25) is 0 Å². The number of aromatic nitrogens is 4. The van der Waals surface area contributed by atoms with Gasteiger partial charge in [0.15, 0.2) is 5.65 Å². The molecular formula is C13H14N6O. The molecule has 2 aromatic heterocycles. The largest absolute Gasteiger partial charge is 0.399 e. The van der Waals surface area contributed by atoms with Crippen LogP contribution in [0.25, 0.3) is 5.65 Å². The fourth-order valence-corrected chi connectivity index (χ4v) is 2.02. The first-order chi connectivity index (χ1) is 9.63. The van der Waals surface area contributed by atoms with Crippen molar-refractivity contribution >= 4 is 17.2 Å². The summed E-state index contributed by atoms with van der Waals surface area (Å²) in [5.41, 5.74) is 7.77. The van der Waals surface area contributed by atoms with E-state index in [0.717, 1.165) is 11.3 Å². The van der Waals surface area contributed by atoms with Crippen LogP contribution in [0.5, 0.6) is 0 Å². The summed E-state index contributed by atoms with van der Waals surface area (Å²) in [7, 11) is 0. The van der Waals surface area contributed by atoms with Crippen LogP contribution in [0.4, 0.5) is 11.5 Å². The number of nitrogens with one attached hydrogen (secondary N) is 2. The summed E-state index contributed by atoms with van der Waals surface area (Å²) in [4.78, 5) is 15.5. The summed E-state index contributed by atoms with van der Waals surface area (Å²) in [5, 5.41) is 9.52. The first-order valence-electron chi connectivity index (χ1n) is 6.18. The van der Waals surface area contributed by atoms with Gasteiger partial charge >= 0.3 is 5.69 Å². The van der Waals surface area contributed by atoms with Crippen molar-refractivity contribution in [2.75, 3.05) is 11.1 Å². The first-order valence-corrected chi connectivity index (χ1v) is 6.18. The quantitative estimate of drug-likeness (QED) is 0.620. The Balaban J connectivity index is 1.87. The van der Waals surface area contributed by atoms with Crippen molar-refractivity contribution in [2.45, 2.75) is 13.0 Å². The third kappa shape index (κ3) is 2.20. The number of nitrogens with two attached hydrogens (primary N) is 1. The van der Waals surface area contributed by atoms with Crippen molar-refractivity contribution in [1.82, 2.24) is 19.6 Å². The van der Waals surface area contributed by atoms with Crippen LogP contribution in [0.15, 0.2) is 41.5 Å². The lowest BCUT2D eigenvalue weighted by Gasteiger charge is -2.15. The Morgan fingerprint density at radius 1 is 1.40 bits per heavy atom. The topological polar surface area (TPSA) is 101 Å². The molecule has 3 aromatic rings. The number of nitrogen functional groups attached to an aromatic ring is 1. The third-order valence-corrected chi connectivity index (χ3v) is 3.08. The molecule has 1 unspecified atom stereocenters. The number of hydrogen-bond donors (Lipinski definition) is 3. The summed E-state index contributed by atoms with van der Waals surface area (Å²) in [6.45, 7) is 2.01. The van der Waals surface area contributed by atoms with Crippen molar-refractivity contribution < 1.29 is 0 Å². The van der Waals surface area contributed by atoms with Crippen molar-refractivity contribution in [3.63, 3.8) is 0 Å². The van der Waals surface area contributed by atoms with Crippen LogP contribution < -0.4 is 16.7 Å². The molecule has 0 fully saturated rings. The van der Waals surface area contributed by atoms with Gasteiger partial charge in [0.1, 0.15) is 12.1 Å². The highest BCUT2D eigenvalue weighted by molar-refractivity contribution is 5.50. The van der Waals surface area contributed by atoms with Gasteiger partial charge in [-0.05, 0) is 24.6 Å². The van der Waals surface area contributed by atoms with Crippen molar-refractivity contribution in [2.24, 2.45) is 0 Å². The molecule has 7 nitrogen and oxygen atoms in total. The highest BCUT2D eigenvalue weighted by atomic mass is 16.1. The molecule has 7 heteroatoms. The molecule has 20 heavy (non-hydrogen) atoms. The van der Waals surface area contributed by atoms with Gasteiger partial charge < -0.3 is 11.1 Å². The minimum atomic E-state index is -0.303. The molecule has 0 aliphatic rings. The van der Waals surface area contributed by atoms with Crippen LogP contribution >= 0.6 is 0 Å². The molecule has 1 aromatic carbocycles. The maximum absolute atomic E-state index is 11.3. The van der Waals surface area contributed by atoms with E-state index in [1.165, 1.54) is 10.7 Å². The van der Waals surface area contributed by atoms with Crippen molar-refractivity contribution in [3.05, 3.63) is 52.7 Å². The van der Waals surface area contributed by atoms with Crippen LogP contribution in [-0.2, 0) is 0 Å². The molecule has 0 amide bonds. The summed E-state index contributed by atoms with van der Waals surface area (Å²) < 4.78 is 1.34. The molecule has 4 N–H and O–H groups in total. The second-order valence-corrected chi connectivity index (χ2v) is 4.57. The van der Waals surface area contributed by atoms with Gasteiger partial charge in [0.25, 0.3) is 0 Å². The fraction of sp³-hybridized carbons (Fsp3) is 0.154. The van der Waals surface area contributed by atoms with E-state index in [1.807, 2.05) is 31.2 Å². The number of rotatable bonds is 3. The van der Waals surface area contributed by atoms with Crippen LogP contribution in [-0.4, -0.2) is 19.6 Å². The lowest BCUT2D eigenvalue weighted by Crippen LogP contribution is -2.12. The maximum atomic E-state index is 11.3. The molecule has 0 saturated carbocycles. The first kappa shape index (κ1) is 12.2. The molecule has 0 aliphatic carbocycles. The van der Waals surface area contributed by atoms with E-state index >= 15 is 0 Å². The smallest absolute Gasteiger partial charge is 0.348 e. The van der Waals surface area contributed by atoms with Gasteiger partial charge in [0.2, 0.25) is 0 Å². The molecule has 0 bridgehead atoms. The Hall–Kier alpha value is -2.83. The van der Waals surface area contributed by atoms with E-state index < -0.39 is 0 Å². The van der Waals surface area contributed by atoms with E-state index in [2.05, 4.69) is 20.5 Å². The Morgan fingerprint density at radius 2 is 2.25 bits per heavy atom. The van der Waals surface area contributed by atoms with E-state index in [9.17, 15) is 4.79 Å². The van der Waals surface area contributed by atoms with Crippen LogP contribution in [0.3, 0.4) is 0 Å². The normalized spacial score (nSPS) is 12.4. The monoisotopic (exact) mass is 270 g/mol. The highest BCUT2D eigenvalue weighted by Crippen LogP contribution is 2.19. The molecule has 2 heterocycles. The van der Waals surface area contributed by atoms with E-state index in [4.69, 9.17) is 5.73 Å². The lowest BCUT2D eigenvalue weighted by atomic mass is 10.1. The van der Waals surface area contributed by atoms with Gasteiger partial charge in [-0.1, -0.05) is 12.1 Å². The van der Waals surface area contributed by atoms with Gasteiger partial charge in [-0.25, -0.2) is 19.3 Å². The Morgan fingerprint density at radius 3 is 3.05 bits per heavy atom. The Labute approximate surface area is 114 Å². The summed E-state index contributed by atoms with van der Waals surface area (Å²) in [6.07, 6.45) is 1.44. The van der Waals surface area contributed by atoms with E-state index in [1.54, 1.807) is 6.07 Å². The molecule has 0 spiro atoms. The Bertz CT molecular complexity index is 806. The second-order valence-electron chi connectivity index (χ2n) is 4.57. The fourth-order valence-electron chi connectivity index (χ4n) is 2.02. The molecule has 3 rings (SSSR count). The van der Waals surface area contributed by atoms with E-state index in [-0.39, 0.29) is 11.7 Å². The lowest BCUT2D eigenvalue weighted by molar-refractivity contribution is 0.870. The highest BCUT2D eigenvalue weighted by Gasteiger charge is 2.08. The molecule has 0 radical (unpaired) electrons. The molecule has 0 saturated heterocycles. The standard InChI is InChI=1S/C13H14N6O/c1-8(9-3-2-4-10(14)5-9)16-11-6-12-17-18-13(20)19(12)7-15-11/h2-8,16H,14H2,1H3,(H,18,20). The zero-order valence-corrected chi connectivity index (χ0v) is 10.9. The average Bonchev–Trinajstić information content (AvgIpc) is 2.80. The minimum absolute atomic E-state index is 0.0408. The zero-order valence-electron chi connectivity index (χ0n) is 10.9. The summed E-state index contributed by atoms with van der Waals surface area (Å²) in [6, 6.07) is 9.41. The Kier molecular flexibility index (Phi) is 2.86. The minimum Gasteiger partial charge on any atom is -0.399 e. The predicted octanol–water partition coefficient (Wildman–Crippen LogP) is 1.17. The van der Waals surface area contributed by atoms with Crippen LogP contribution in [0.1, 0.15) is 18.5 Å². The van der Waals surface area contributed by atoms with Crippen LogP contribution in [0.2, 0.25) is 0 Å². The molecule has 0 aliphatic heterocycles. The molecular weight excluding hydrogens is 256 g/mol. The second kappa shape index (κ2) is 4.69. The van der Waals surface area contributed by atoms with Gasteiger partial charge in [-0.15, -0.1) is 0 Å². The predicted molar refractivity (Wildman–Crippen MR) is 76.5 cm³/mol. The number of fused-ring (bicyclic) bond motifs is 1. The zero-order chi connectivity index (χ0) is 14.1. The van der Waals surface area contributed by atoms with Crippen molar-refractivity contribution in [1.29, 1.82) is 0 Å². The molecule has 102 valence electrons. The number of H-pyrrole nitrogens is 1. The third-order valence-electron chi connectivity index (χ3n) is 3.08. The number of nitrogens with zero attached hydrogens (tertiary/aromatic N) is 3. The van der Waals surface area contributed by atoms with Gasteiger partial charge in [0.05, 0.1) is 6.04 Å². The van der Waals surface area contributed by atoms with Crippen LogP contribution in [0, 0.1) is 0 Å². The number of aromatic amines is 1. The SMILES string of the molecule is CC(Nc1cc2n[nH]c(=O)n2cn1)c1cccc(N)c1.